The summed E-state index contributed by atoms with van der Waals surface area (Å²) in [7, 11) is 1.69. The standard InChI is InChI=1S/C23H31N3O2/c1-28-22-11-9-21(10-12-22)26-18-16-25(17-19-26)15-13-23(27)24-14-5-8-20-6-3-2-4-7-20/h2-4,6-7,9-12H,5,8,13-19H2,1H3,(H,24,27). The minimum atomic E-state index is 0.158. The van der Waals surface area contributed by atoms with Gasteiger partial charge in [-0.3, -0.25) is 9.69 Å². The second kappa shape index (κ2) is 10.7. The van der Waals surface area contributed by atoms with Crippen molar-refractivity contribution in [3.05, 3.63) is 60.2 Å². The molecule has 0 bridgehead atoms. The number of benzene rings is 2. The van der Waals surface area contributed by atoms with E-state index in [-0.39, 0.29) is 5.91 Å². The molecule has 5 nitrogen and oxygen atoms in total. The second-order valence-corrected chi connectivity index (χ2v) is 7.22. The van der Waals surface area contributed by atoms with E-state index in [1.165, 1.54) is 11.3 Å². The molecule has 1 amide bonds. The molecule has 1 N–H and O–H groups in total. The molecule has 0 spiro atoms. The number of hydrogen-bond acceptors (Lipinski definition) is 4. The minimum absolute atomic E-state index is 0.158. The van der Waals surface area contributed by atoms with Gasteiger partial charge in [0.05, 0.1) is 7.11 Å². The smallest absolute Gasteiger partial charge is 0.221 e. The first-order valence-electron chi connectivity index (χ1n) is 10.2. The Morgan fingerprint density at radius 3 is 2.39 bits per heavy atom. The average Bonchev–Trinajstić information content (AvgIpc) is 2.76. The number of methoxy groups -OCH3 is 1. The third-order valence-corrected chi connectivity index (χ3v) is 5.27. The number of aryl methyl sites for hydroxylation is 1. The molecule has 2 aromatic rings. The number of amides is 1. The molecule has 1 aliphatic heterocycles. The summed E-state index contributed by atoms with van der Waals surface area (Å²) >= 11 is 0. The van der Waals surface area contributed by atoms with Gasteiger partial charge in [0.1, 0.15) is 5.75 Å². The molecule has 0 atom stereocenters. The van der Waals surface area contributed by atoms with Crippen LogP contribution in [0.5, 0.6) is 5.75 Å². The molecule has 2 aromatic carbocycles. The lowest BCUT2D eigenvalue weighted by atomic mass is 10.1. The van der Waals surface area contributed by atoms with Gasteiger partial charge >= 0.3 is 0 Å². The Kier molecular flexibility index (Phi) is 7.73. The summed E-state index contributed by atoms with van der Waals surface area (Å²) in [5, 5.41) is 3.05. The van der Waals surface area contributed by atoms with Crippen LogP contribution in [0, 0.1) is 0 Å². The number of hydrogen-bond donors (Lipinski definition) is 1. The fourth-order valence-corrected chi connectivity index (χ4v) is 3.54. The molecule has 1 saturated heterocycles. The predicted molar refractivity (Wildman–Crippen MR) is 114 cm³/mol. The topological polar surface area (TPSA) is 44.8 Å². The van der Waals surface area contributed by atoms with Crippen molar-refractivity contribution >= 4 is 11.6 Å². The van der Waals surface area contributed by atoms with Crippen LogP contribution in [-0.4, -0.2) is 57.2 Å². The third-order valence-electron chi connectivity index (χ3n) is 5.27. The molecule has 1 fully saturated rings. The zero-order valence-electron chi connectivity index (χ0n) is 16.8. The minimum Gasteiger partial charge on any atom is -0.497 e. The monoisotopic (exact) mass is 381 g/mol. The number of piperazine rings is 1. The highest BCUT2D eigenvalue weighted by Gasteiger charge is 2.17. The number of carbonyl (C=O) groups is 1. The van der Waals surface area contributed by atoms with Gasteiger partial charge in [-0.2, -0.15) is 0 Å². The van der Waals surface area contributed by atoms with Crippen molar-refractivity contribution in [3.63, 3.8) is 0 Å². The normalized spacial score (nSPS) is 14.7. The van der Waals surface area contributed by atoms with E-state index in [4.69, 9.17) is 4.74 Å². The van der Waals surface area contributed by atoms with Crippen LogP contribution in [-0.2, 0) is 11.2 Å². The first-order valence-corrected chi connectivity index (χ1v) is 10.2. The van der Waals surface area contributed by atoms with Crippen molar-refractivity contribution in [2.24, 2.45) is 0 Å². The molecule has 0 aromatic heterocycles. The average molecular weight is 382 g/mol. The summed E-state index contributed by atoms with van der Waals surface area (Å²) in [6, 6.07) is 18.6. The Labute approximate surface area is 168 Å². The van der Waals surface area contributed by atoms with Gasteiger partial charge < -0.3 is 15.0 Å². The van der Waals surface area contributed by atoms with E-state index < -0.39 is 0 Å². The van der Waals surface area contributed by atoms with E-state index in [0.717, 1.165) is 57.9 Å². The zero-order valence-corrected chi connectivity index (χ0v) is 16.8. The van der Waals surface area contributed by atoms with E-state index in [2.05, 4.69) is 51.5 Å². The Bertz CT molecular complexity index is 710. The van der Waals surface area contributed by atoms with Crippen LogP contribution in [0.25, 0.3) is 0 Å². The lowest BCUT2D eigenvalue weighted by molar-refractivity contribution is -0.121. The third kappa shape index (κ3) is 6.27. The number of rotatable bonds is 9. The van der Waals surface area contributed by atoms with Crippen molar-refractivity contribution < 1.29 is 9.53 Å². The van der Waals surface area contributed by atoms with Crippen LogP contribution in [0.15, 0.2) is 54.6 Å². The predicted octanol–water partition coefficient (Wildman–Crippen LogP) is 2.96. The van der Waals surface area contributed by atoms with Gasteiger partial charge in [0.15, 0.2) is 0 Å². The van der Waals surface area contributed by atoms with E-state index in [0.29, 0.717) is 6.42 Å². The molecule has 1 heterocycles. The second-order valence-electron chi connectivity index (χ2n) is 7.22. The van der Waals surface area contributed by atoms with Gasteiger partial charge in [-0.25, -0.2) is 0 Å². The van der Waals surface area contributed by atoms with Gasteiger partial charge in [0.25, 0.3) is 0 Å². The molecular formula is C23H31N3O2. The highest BCUT2D eigenvalue weighted by Crippen LogP contribution is 2.20. The van der Waals surface area contributed by atoms with Gasteiger partial charge in [0, 0.05) is 51.4 Å². The number of anilines is 1. The Morgan fingerprint density at radius 1 is 1.00 bits per heavy atom. The summed E-state index contributed by atoms with van der Waals surface area (Å²) in [4.78, 5) is 16.9. The Hall–Kier alpha value is -2.53. The first-order chi connectivity index (χ1) is 13.7. The Morgan fingerprint density at radius 2 is 1.71 bits per heavy atom. The van der Waals surface area contributed by atoms with Crippen molar-refractivity contribution in [2.45, 2.75) is 19.3 Å². The van der Waals surface area contributed by atoms with Crippen molar-refractivity contribution in [1.29, 1.82) is 0 Å². The van der Waals surface area contributed by atoms with Crippen molar-refractivity contribution in [2.75, 3.05) is 51.3 Å². The van der Waals surface area contributed by atoms with E-state index in [9.17, 15) is 4.79 Å². The fraction of sp³-hybridized carbons (Fsp3) is 0.435. The summed E-state index contributed by atoms with van der Waals surface area (Å²) in [6.45, 7) is 5.55. The maximum Gasteiger partial charge on any atom is 0.221 e. The summed E-state index contributed by atoms with van der Waals surface area (Å²) in [5.74, 6) is 1.04. The Balaban J connectivity index is 1.28. The van der Waals surface area contributed by atoms with Gasteiger partial charge in [-0.15, -0.1) is 0 Å². The molecule has 0 radical (unpaired) electrons. The molecule has 0 unspecified atom stereocenters. The lowest BCUT2D eigenvalue weighted by Crippen LogP contribution is -2.47. The van der Waals surface area contributed by atoms with Crippen molar-refractivity contribution in [1.82, 2.24) is 10.2 Å². The number of nitrogens with zero attached hydrogens (tertiary/aromatic N) is 2. The van der Waals surface area contributed by atoms with Gasteiger partial charge in [-0.05, 0) is 42.7 Å². The van der Waals surface area contributed by atoms with E-state index >= 15 is 0 Å². The van der Waals surface area contributed by atoms with Crippen LogP contribution in [0.4, 0.5) is 5.69 Å². The molecule has 1 aliphatic rings. The fourth-order valence-electron chi connectivity index (χ4n) is 3.54. The van der Waals surface area contributed by atoms with Crippen molar-refractivity contribution in [3.8, 4) is 5.75 Å². The molecule has 3 rings (SSSR count). The summed E-state index contributed by atoms with van der Waals surface area (Å²) in [6.07, 6.45) is 2.57. The van der Waals surface area contributed by atoms with Gasteiger partial charge in [0.2, 0.25) is 5.91 Å². The molecule has 5 heteroatoms. The van der Waals surface area contributed by atoms with E-state index in [1.54, 1.807) is 7.11 Å². The van der Waals surface area contributed by atoms with Crippen LogP contribution >= 0.6 is 0 Å². The number of nitrogens with one attached hydrogen (secondary N) is 1. The molecule has 150 valence electrons. The highest BCUT2D eigenvalue weighted by molar-refractivity contribution is 5.76. The number of carbonyl (C=O) groups excluding carboxylic acids is 1. The summed E-state index contributed by atoms with van der Waals surface area (Å²) < 4.78 is 5.22. The summed E-state index contributed by atoms with van der Waals surface area (Å²) in [5.41, 5.74) is 2.56. The van der Waals surface area contributed by atoms with Gasteiger partial charge in [-0.1, -0.05) is 30.3 Å². The quantitative estimate of drug-likeness (QED) is 0.679. The molecule has 0 aliphatic carbocycles. The highest BCUT2D eigenvalue weighted by atomic mass is 16.5. The zero-order chi connectivity index (χ0) is 19.6. The number of ether oxygens (including phenoxy) is 1. The molecule has 0 saturated carbocycles. The molecule has 28 heavy (non-hydrogen) atoms. The first kappa shape index (κ1) is 20.2. The van der Waals surface area contributed by atoms with Crippen LogP contribution < -0.4 is 15.0 Å². The maximum absolute atomic E-state index is 12.1. The molecular weight excluding hydrogens is 350 g/mol. The SMILES string of the molecule is COc1ccc(N2CCN(CCC(=O)NCCCc3ccccc3)CC2)cc1. The van der Waals surface area contributed by atoms with Crippen LogP contribution in [0.2, 0.25) is 0 Å². The largest absolute Gasteiger partial charge is 0.497 e. The maximum atomic E-state index is 12.1. The lowest BCUT2D eigenvalue weighted by Gasteiger charge is -2.36. The van der Waals surface area contributed by atoms with Crippen LogP contribution in [0.3, 0.4) is 0 Å². The van der Waals surface area contributed by atoms with Crippen LogP contribution in [0.1, 0.15) is 18.4 Å². The van der Waals surface area contributed by atoms with E-state index in [1.807, 2.05) is 18.2 Å².